The predicted octanol–water partition coefficient (Wildman–Crippen LogP) is 5.16. The summed E-state index contributed by atoms with van der Waals surface area (Å²) in [5.41, 5.74) is 0.420. The highest BCUT2D eigenvalue weighted by molar-refractivity contribution is 6.01. The van der Waals surface area contributed by atoms with Gasteiger partial charge in [0.2, 0.25) is 5.90 Å². The molecule has 1 N–H and O–H groups in total. The van der Waals surface area contributed by atoms with Crippen molar-refractivity contribution in [1.82, 2.24) is 4.90 Å². The van der Waals surface area contributed by atoms with Gasteiger partial charge in [-0.05, 0) is 37.3 Å². The molecule has 0 saturated heterocycles. The Kier molecular flexibility index (Phi) is 8.97. The van der Waals surface area contributed by atoms with Crippen molar-refractivity contribution in [1.29, 1.82) is 0 Å². The van der Waals surface area contributed by atoms with Crippen LogP contribution in [0.5, 0.6) is 0 Å². The van der Waals surface area contributed by atoms with Crippen LogP contribution >= 0.6 is 0 Å². The number of likely N-dealkylation sites (N-methyl/N-ethyl adjacent to an activating group) is 1. The number of aliphatic imine (C=N–C) groups is 1. The lowest BCUT2D eigenvalue weighted by molar-refractivity contribution is -0.137. The number of hydrogen-bond acceptors (Lipinski definition) is 5. The fraction of sp³-hybridized carbons (Fsp3) is 0.208. The van der Waals surface area contributed by atoms with Gasteiger partial charge in [0.25, 0.3) is 5.91 Å². The summed E-state index contributed by atoms with van der Waals surface area (Å²) in [6.45, 7) is 5.84. The minimum Gasteiger partial charge on any atom is -0.474 e. The number of benzene rings is 2. The maximum absolute atomic E-state index is 12.7. The summed E-state index contributed by atoms with van der Waals surface area (Å²) in [6, 6.07) is 10.9. The fourth-order valence-electron chi connectivity index (χ4n) is 2.70. The Bertz CT molecular complexity index is 1040. The van der Waals surface area contributed by atoms with Crippen molar-refractivity contribution in [3.05, 3.63) is 89.8 Å². The number of ether oxygens (including phenoxy) is 1. The maximum atomic E-state index is 12.7. The predicted molar refractivity (Wildman–Crippen MR) is 121 cm³/mol. The van der Waals surface area contributed by atoms with E-state index in [0.29, 0.717) is 17.5 Å². The average Bonchev–Trinajstić information content (AvgIpc) is 2.80. The first-order valence-corrected chi connectivity index (χ1v) is 9.92. The highest BCUT2D eigenvalue weighted by Crippen LogP contribution is 2.30. The molecule has 0 spiro atoms. The van der Waals surface area contributed by atoms with E-state index in [1.54, 1.807) is 44.3 Å². The molecule has 0 heterocycles. The van der Waals surface area contributed by atoms with E-state index in [4.69, 9.17) is 4.74 Å². The third-order valence-electron chi connectivity index (χ3n) is 4.44. The first-order valence-electron chi connectivity index (χ1n) is 9.92. The van der Waals surface area contributed by atoms with Crippen LogP contribution in [0, 0.1) is 0 Å². The van der Waals surface area contributed by atoms with Gasteiger partial charge in [0.05, 0.1) is 23.4 Å². The molecule has 33 heavy (non-hydrogen) atoms. The zero-order valence-corrected chi connectivity index (χ0v) is 18.2. The van der Waals surface area contributed by atoms with E-state index in [1.807, 2.05) is 0 Å². The quantitative estimate of drug-likeness (QED) is 0.319. The molecule has 0 unspecified atom stereocenters. The Morgan fingerprint density at radius 2 is 1.85 bits per heavy atom. The van der Waals surface area contributed by atoms with E-state index in [1.165, 1.54) is 23.2 Å². The van der Waals surface area contributed by atoms with Crippen LogP contribution in [0.2, 0.25) is 0 Å². The van der Waals surface area contributed by atoms with Crippen molar-refractivity contribution < 1.29 is 27.5 Å². The minimum absolute atomic E-state index is 0.0651. The molecule has 0 aliphatic rings. The lowest BCUT2D eigenvalue weighted by Crippen LogP contribution is -2.31. The van der Waals surface area contributed by atoms with Crippen molar-refractivity contribution in [2.24, 2.45) is 4.99 Å². The largest absolute Gasteiger partial charge is 0.474 e. The number of carbonyl (C=O) groups excluding carboxylic acids is 2. The van der Waals surface area contributed by atoms with Crippen LogP contribution in [0.1, 0.15) is 33.2 Å². The smallest absolute Gasteiger partial charge is 0.416 e. The molecule has 0 atom stereocenters. The zero-order valence-electron chi connectivity index (χ0n) is 18.2. The van der Waals surface area contributed by atoms with E-state index < -0.39 is 11.7 Å². The number of nitrogens with one attached hydrogen (secondary N) is 1. The summed E-state index contributed by atoms with van der Waals surface area (Å²) < 4.78 is 43.9. The first kappa shape index (κ1) is 25.4. The van der Waals surface area contributed by atoms with E-state index in [9.17, 15) is 22.8 Å². The SMILES string of the molecule is C=C(Nc1ccc(C(F)(F)F)cc1)C(=N/C=C\C)OCCN(C)C(=O)c1ccccc1C=O. The number of anilines is 1. The van der Waals surface area contributed by atoms with Crippen LogP contribution in [0.15, 0.2) is 78.1 Å². The number of carbonyl (C=O) groups is 2. The summed E-state index contributed by atoms with van der Waals surface area (Å²) in [4.78, 5) is 29.3. The van der Waals surface area contributed by atoms with Crippen molar-refractivity contribution in [2.75, 3.05) is 25.5 Å². The summed E-state index contributed by atoms with van der Waals surface area (Å²) in [5, 5.41) is 2.86. The van der Waals surface area contributed by atoms with Gasteiger partial charge in [-0.1, -0.05) is 30.9 Å². The molecule has 0 radical (unpaired) electrons. The molecule has 174 valence electrons. The van der Waals surface area contributed by atoms with Crippen molar-refractivity contribution in [3.8, 4) is 0 Å². The van der Waals surface area contributed by atoms with Crippen LogP contribution in [0.3, 0.4) is 0 Å². The monoisotopic (exact) mass is 459 g/mol. The first-order chi connectivity index (χ1) is 15.7. The summed E-state index contributed by atoms with van der Waals surface area (Å²) >= 11 is 0. The lowest BCUT2D eigenvalue weighted by Gasteiger charge is -2.19. The van der Waals surface area contributed by atoms with Gasteiger partial charge in [-0.15, -0.1) is 0 Å². The second kappa shape index (κ2) is 11.7. The van der Waals surface area contributed by atoms with Gasteiger partial charge in [0.15, 0.2) is 6.29 Å². The van der Waals surface area contributed by atoms with Gasteiger partial charge in [0, 0.05) is 24.5 Å². The highest BCUT2D eigenvalue weighted by atomic mass is 19.4. The molecule has 0 aliphatic heterocycles. The van der Waals surface area contributed by atoms with Gasteiger partial charge in [-0.3, -0.25) is 9.59 Å². The van der Waals surface area contributed by atoms with E-state index in [-0.39, 0.29) is 36.2 Å². The fourth-order valence-corrected chi connectivity index (χ4v) is 2.70. The number of halogens is 3. The van der Waals surface area contributed by atoms with Gasteiger partial charge >= 0.3 is 6.18 Å². The summed E-state index contributed by atoms with van der Waals surface area (Å²) in [6.07, 6.45) is -0.659. The number of rotatable bonds is 9. The molecule has 0 fully saturated rings. The van der Waals surface area contributed by atoms with Crippen LogP contribution in [-0.4, -0.2) is 43.2 Å². The number of aldehydes is 1. The Labute approximate surface area is 190 Å². The Morgan fingerprint density at radius 1 is 1.18 bits per heavy atom. The van der Waals surface area contributed by atoms with Gasteiger partial charge in [-0.2, -0.15) is 13.2 Å². The number of hydrogen-bond donors (Lipinski definition) is 1. The van der Waals surface area contributed by atoms with Crippen molar-refractivity contribution in [3.63, 3.8) is 0 Å². The van der Waals surface area contributed by atoms with Gasteiger partial charge < -0.3 is 15.0 Å². The standard InChI is InChI=1S/C24H24F3N3O3/c1-4-13-28-22(17(2)29-20-11-9-19(10-12-20)24(25,26)27)33-15-14-30(3)23(32)21-8-6-5-7-18(21)16-31/h4-13,16,29H,2,14-15H2,1,3H3/b13-4-,28-22?. The van der Waals surface area contributed by atoms with Crippen molar-refractivity contribution in [2.45, 2.75) is 13.1 Å². The molecule has 6 nitrogen and oxygen atoms in total. The molecular weight excluding hydrogens is 435 g/mol. The topological polar surface area (TPSA) is 71.0 Å². The van der Waals surface area contributed by atoms with Crippen LogP contribution < -0.4 is 5.32 Å². The second-order valence-electron chi connectivity index (χ2n) is 6.88. The Morgan fingerprint density at radius 3 is 2.45 bits per heavy atom. The minimum atomic E-state index is -4.42. The maximum Gasteiger partial charge on any atom is 0.416 e. The van der Waals surface area contributed by atoms with Gasteiger partial charge in [-0.25, -0.2) is 4.99 Å². The average molecular weight is 459 g/mol. The normalized spacial score (nSPS) is 11.8. The number of nitrogens with zero attached hydrogens (tertiary/aromatic N) is 2. The molecular formula is C24H24F3N3O3. The lowest BCUT2D eigenvalue weighted by atomic mass is 10.1. The van der Waals surface area contributed by atoms with E-state index >= 15 is 0 Å². The Balaban J connectivity index is 2.00. The molecule has 0 bridgehead atoms. The number of amides is 1. The third kappa shape index (κ3) is 7.34. The highest BCUT2D eigenvalue weighted by Gasteiger charge is 2.30. The van der Waals surface area contributed by atoms with E-state index in [2.05, 4.69) is 16.9 Å². The molecule has 0 saturated carbocycles. The Hall–Kier alpha value is -3.88. The molecule has 0 aliphatic carbocycles. The zero-order chi connectivity index (χ0) is 24.4. The summed E-state index contributed by atoms with van der Waals surface area (Å²) in [5.74, 6) is -0.225. The van der Waals surface area contributed by atoms with Crippen LogP contribution in [0.25, 0.3) is 0 Å². The molecule has 0 aromatic heterocycles. The van der Waals surface area contributed by atoms with Crippen LogP contribution in [-0.2, 0) is 10.9 Å². The van der Waals surface area contributed by atoms with Crippen LogP contribution in [0.4, 0.5) is 18.9 Å². The molecule has 1 amide bonds. The number of alkyl halides is 3. The second-order valence-corrected chi connectivity index (χ2v) is 6.88. The molecule has 2 aromatic carbocycles. The van der Waals surface area contributed by atoms with Crippen molar-refractivity contribution >= 4 is 23.8 Å². The molecule has 2 aromatic rings. The van der Waals surface area contributed by atoms with E-state index in [0.717, 1.165) is 12.1 Å². The third-order valence-corrected chi connectivity index (χ3v) is 4.44. The summed E-state index contributed by atoms with van der Waals surface area (Å²) in [7, 11) is 1.57. The van der Waals surface area contributed by atoms with Gasteiger partial charge in [0.1, 0.15) is 6.61 Å². The molecule has 2 rings (SSSR count). The molecule has 9 heteroatoms. The number of allylic oxidation sites excluding steroid dienone is 1.